The van der Waals surface area contributed by atoms with Crippen molar-refractivity contribution in [1.82, 2.24) is 10.2 Å². The second-order valence-corrected chi connectivity index (χ2v) is 6.74. The van der Waals surface area contributed by atoms with Gasteiger partial charge in [-0.2, -0.15) is 0 Å². The van der Waals surface area contributed by atoms with Crippen LogP contribution in [0.3, 0.4) is 0 Å². The van der Waals surface area contributed by atoms with Crippen LogP contribution < -0.4 is 5.32 Å². The van der Waals surface area contributed by atoms with Gasteiger partial charge in [0.05, 0.1) is 0 Å². The topological polar surface area (TPSA) is 15.3 Å². The quantitative estimate of drug-likeness (QED) is 0.627. The lowest BCUT2D eigenvalue weighted by atomic mass is 10.1. The number of nitrogens with one attached hydrogen (secondary N) is 1. The minimum absolute atomic E-state index is 0.373. The number of nitrogens with zero attached hydrogens (tertiary/aromatic N) is 1. The van der Waals surface area contributed by atoms with Gasteiger partial charge in [0.15, 0.2) is 0 Å². The second-order valence-electron chi connectivity index (χ2n) is 6.34. The Hall–Kier alpha value is -0.570. The van der Waals surface area contributed by atoms with Crippen molar-refractivity contribution in [2.45, 2.75) is 46.1 Å². The van der Waals surface area contributed by atoms with Crippen LogP contribution in [0.15, 0.2) is 24.3 Å². The molecule has 21 heavy (non-hydrogen) atoms. The SMILES string of the molecule is CC(C)CNCCCCCN(C)C(C)c1ccccc1Cl. The third-order valence-electron chi connectivity index (χ3n) is 3.93. The van der Waals surface area contributed by atoms with Crippen LogP contribution in [0.1, 0.15) is 51.6 Å². The fraction of sp³-hybridized carbons (Fsp3) is 0.667. The van der Waals surface area contributed by atoms with Crippen LogP contribution >= 0.6 is 11.6 Å². The summed E-state index contributed by atoms with van der Waals surface area (Å²) in [6, 6.07) is 8.52. The minimum atomic E-state index is 0.373. The summed E-state index contributed by atoms with van der Waals surface area (Å²) in [4.78, 5) is 2.39. The van der Waals surface area contributed by atoms with Crippen LogP contribution in [0.5, 0.6) is 0 Å². The van der Waals surface area contributed by atoms with E-state index >= 15 is 0 Å². The van der Waals surface area contributed by atoms with Gasteiger partial charge in [0, 0.05) is 11.1 Å². The van der Waals surface area contributed by atoms with Crippen molar-refractivity contribution in [2.75, 3.05) is 26.7 Å². The van der Waals surface area contributed by atoms with Crippen molar-refractivity contribution in [3.05, 3.63) is 34.9 Å². The summed E-state index contributed by atoms with van der Waals surface area (Å²) in [5.41, 5.74) is 1.22. The van der Waals surface area contributed by atoms with E-state index in [0.29, 0.717) is 6.04 Å². The second kappa shape index (κ2) is 10.2. The predicted octanol–water partition coefficient (Wildman–Crippen LogP) is 4.75. The molecule has 120 valence electrons. The lowest BCUT2D eigenvalue weighted by Gasteiger charge is -2.25. The van der Waals surface area contributed by atoms with Gasteiger partial charge in [0.1, 0.15) is 0 Å². The summed E-state index contributed by atoms with van der Waals surface area (Å²) in [5, 5.41) is 4.37. The van der Waals surface area contributed by atoms with Crippen molar-refractivity contribution in [1.29, 1.82) is 0 Å². The summed E-state index contributed by atoms with van der Waals surface area (Å²) in [5.74, 6) is 0.743. The Morgan fingerprint density at radius 2 is 1.81 bits per heavy atom. The van der Waals surface area contributed by atoms with E-state index in [0.717, 1.165) is 30.6 Å². The fourth-order valence-corrected chi connectivity index (χ4v) is 2.72. The Kier molecular flexibility index (Phi) is 8.98. The van der Waals surface area contributed by atoms with E-state index in [-0.39, 0.29) is 0 Å². The van der Waals surface area contributed by atoms with Crippen molar-refractivity contribution in [3.8, 4) is 0 Å². The summed E-state index contributed by atoms with van der Waals surface area (Å²) in [6.45, 7) is 10.1. The molecule has 1 rings (SSSR count). The lowest BCUT2D eigenvalue weighted by molar-refractivity contribution is 0.255. The smallest absolute Gasteiger partial charge is 0.0453 e. The number of benzene rings is 1. The zero-order valence-electron chi connectivity index (χ0n) is 14.0. The predicted molar refractivity (Wildman–Crippen MR) is 94.1 cm³/mol. The van der Waals surface area contributed by atoms with Crippen molar-refractivity contribution >= 4 is 11.6 Å². The van der Waals surface area contributed by atoms with Gasteiger partial charge in [-0.3, -0.25) is 4.90 Å². The van der Waals surface area contributed by atoms with E-state index in [4.69, 9.17) is 11.6 Å². The van der Waals surface area contributed by atoms with Crippen LogP contribution in [-0.2, 0) is 0 Å². The molecular formula is C18H31ClN2. The molecule has 0 aromatic heterocycles. The lowest BCUT2D eigenvalue weighted by Crippen LogP contribution is -2.24. The van der Waals surface area contributed by atoms with Gasteiger partial charge in [0.2, 0.25) is 0 Å². The first-order chi connectivity index (χ1) is 10.0. The van der Waals surface area contributed by atoms with Crippen molar-refractivity contribution in [2.24, 2.45) is 5.92 Å². The molecule has 0 spiro atoms. The molecular weight excluding hydrogens is 280 g/mol. The Bertz CT molecular complexity index is 393. The zero-order chi connectivity index (χ0) is 15.7. The van der Waals surface area contributed by atoms with Gasteiger partial charge in [-0.15, -0.1) is 0 Å². The van der Waals surface area contributed by atoms with E-state index in [9.17, 15) is 0 Å². The molecule has 2 nitrogen and oxygen atoms in total. The Morgan fingerprint density at radius 3 is 2.48 bits per heavy atom. The molecule has 3 heteroatoms. The maximum atomic E-state index is 6.27. The van der Waals surface area contributed by atoms with E-state index in [1.807, 2.05) is 12.1 Å². The van der Waals surface area contributed by atoms with E-state index in [1.165, 1.54) is 24.8 Å². The first-order valence-corrected chi connectivity index (χ1v) is 8.55. The highest BCUT2D eigenvalue weighted by Gasteiger charge is 2.13. The summed E-state index contributed by atoms with van der Waals surface area (Å²) >= 11 is 6.27. The van der Waals surface area contributed by atoms with Gasteiger partial charge in [-0.25, -0.2) is 0 Å². The third-order valence-corrected chi connectivity index (χ3v) is 4.28. The molecule has 1 aromatic carbocycles. The molecule has 0 aliphatic carbocycles. The number of hydrogen-bond acceptors (Lipinski definition) is 2. The van der Waals surface area contributed by atoms with Gasteiger partial charge < -0.3 is 5.32 Å². The molecule has 0 saturated heterocycles. The largest absolute Gasteiger partial charge is 0.316 e. The van der Waals surface area contributed by atoms with Gasteiger partial charge >= 0.3 is 0 Å². The minimum Gasteiger partial charge on any atom is -0.316 e. The molecule has 0 aliphatic rings. The van der Waals surface area contributed by atoms with E-state index in [2.05, 4.69) is 50.2 Å². The molecule has 1 N–H and O–H groups in total. The molecule has 0 saturated carbocycles. The third kappa shape index (κ3) is 7.30. The van der Waals surface area contributed by atoms with Crippen molar-refractivity contribution < 1.29 is 0 Å². The number of halogens is 1. The molecule has 0 aliphatic heterocycles. The van der Waals surface area contributed by atoms with Gasteiger partial charge in [0.25, 0.3) is 0 Å². The normalized spacial score (nSPS) is 13.1. The highest BCUT2D eigenvalue weighted by Crippen LogP contribution is 2.26. The first kappa shape index (κ1) is 18.5. The summed E-state index contributed by atoms with van der Waals surface area (Å²) in [7, 11) is 2.19. The number of rotatable bonds is 10. The van der Waals surface area contributed by atoms with E-state index < -0.39 is 0 Å². The highest BCUT2D eigenvalue weighted by molar-refractivity contribution is 6.31. The maximum absolute atomic E-state index is 6.27. The fourth-order valence-electron chi connectivity index (χ4n) is 2.42. The zero-order valence-corrected chi connectivity index (χ0v) is 14.8. The Balaban J connectivity index is 2.19. The molecule has 0 radical (unpaired) electrons. The molecule has 1 aromatic rings. The average molecular weight is 311 g/mol. The highest BCUT2D eigenvalue weighted by atomic mass is 35.5. The Morgan fingerprint density at radius 1 is 1.10 bits per heavy atom. The Labute approximate surface area is 135 Å². The first-order valence-electron chi connectivity index (χ1n) is 8.17. The van der Waals surface area contributed by atoms with Crippen molar-refractivity contribution in [3.63, 3.8) is 0 Å². The molecule has 1 atom stereocenters. The summed E-state index contributed by atoms with van der Waals surface area (Å²) < 4.78 is 0. The molecule has 0 bridgehead atoms. The molecule has 0 heterocycles. The standard InChI is InChI=1S/C18H31ClN2/c1-15(2)14-20-12-8-5-9-13-21(4)16(3)17-10-6-7-11-18(17)19/h6-7,10-11,15-16,20H,5,8-9,12-14H2,1-4H3. The maximum Gasteiger partial charge on any atom is 0.0453 e. The van der Waals surface area contributed by atoms with Crippen LogP contribution in [0.4, 0.5) is 0 Å². The average Bonchev–Trinajstić information content (AvgIpc) is 2.45. The monoisotopic (exact) mass is 310 g/mol. The van der Waals surface area contributed by atoms with E-state index in [1.54, 1.807) is 0 Å². The van der Waals surface area contributed by atoms with Crippen LogP contribution in [0, 0.1) is 5.92 Å². The van der Waals surface area contributed by atoms with Crippen LogP contribution in [0.2, 0.25) is 5.02 Å². The summed E-state index contributed by atoms with van der Waals surface area (Å²) in [6.07, 6.45) is 3.79. The van der Waals surface area contributed by atoms with Gasteiger partial charge in [-0.05, 0) is 64.0 Å². The van der Waals surface area contributed by atoms with Crippen LogP contribution in [0.25, 0.3) is 0 Å². The van der Waals surface area contributed by atoms with Gasteiger partial charge in [-0.1, -0.05) is 50.1 Å². The molecule has 0 fully saturated rings. The van der Waals surface area contributed by atoms with Crippen LogP contribution in [-0.4, -0.2) is 31.6 Å². The number of hydrogen-bond donors (Lipinski definition) is 1. The molecule has 0 amide bonds. The number of unbranched alkanes of at least 4 members (excludes halogenated alkanes) is 2. The molecule has 1 unspecified atom stereocenters.